The zero-order chi connectivity index (χ0) is 27.6. The largest absolute Gasteiger partial charge is 0.373 e. The molecule has 0 spiro atoms. The van der Waals surface area contributed by atoms with E-state index >= 15 is 0 Å². The number of nitriles is 1. The lowest BCUT2D eigenvalue weighted by Gasteiger charge is -2.30. The minimum atomic E-state index is -0.154. The van der Waals surface area contributed by atoms with Gasteiger partial charge in [0.05, 0.1) is 33.5 Å². The van der Waals surface area contributed by atoms with Crippen LogP contribution in [-0.4, -0.2) is 29.1 Å². The molecule has 4 aromatic rings. The smallest absolute Gasteiger partial charge is 0.103 e. The fourth-order valence-electron chi connectivity index (χ4n) is 5.10. The second-order valence-corrected chi connectivity index (χ2v) is 11.5. The molecule has 2 aliphatic heterocycles. The number of benzene rings is 2. The van der Waals surface area contributed by atoms with E-state index in [0.717, 1.165) is 59.5 Å². The summed E-state index contributed by atoms with van der Waals surface area (Å²) in [6, 6.07) is 14.2. The predicted molar refractivity (Wildman–Crippen MR) is 164 cm³/mol. The van der Waals surface area contributed by atoms with Crippen LogP contribution in [0, 0.1) is 18.3 Å². The van der Waals surface area contributed by atoms with Gasteiger partial charge in [0.2, 0.25) is 0 Å². The number of rotatable bonds is 7. The number of anilines is 3. The Morgan fingerprint density at radius 1 is 1.12 bits per heavy atom. The summed E-state index contributed by atoms with van der Waals surface area (Å²) in [7, 11) is 0. The Kier molecular flexibility index (Phi) is 7.69. The van der Waals surface area contributed by atoms with E-state index in [9.17, 15) is 5.26 Å². The highest BCUT2D eigenvalue weighted by Crippen LogP contribution is 2.37. The Hall–Kier alpha value is -3.52. The number of halogens is 2. The molecule has 0 bridgehead atoms. The monoisotopic (exact) mass is 590 g/mol. The van der Waals surface area contributed by atoms with E-state index in [2.05, 4.69) is 66.0 Å². The van der Waals surface area contributed by atoms with Gasteiger partial charge < -0.3 is 21.4 Å². The van der Waals surface area contributed by atoms with Crippen molar-refractivity contribution in [2.75, 3.05) is 23.7 Å². The molecule has 40 heavy (non-hydrogen) atoms. The highest BCUT2D eigenvalue weighted by molar-refractivity contribution is 7.08. The lowest BCUT2D eigenvalue weighted by molar-refractivity contribution is 0.162. The van der Waals surface area contributed by atoms with Gasteiger partial charge in [-0.25, -0.2) is 0 Å². The maximum atomic E-state index is 9.90. The molecule has 1 atom stereocenters. The van der Waals surface area contributed by atoms with Crippen LogP contribution in [0.4, 0.5) is 17.1 Å². The predicted octanol–water partition coefficient (Wildman–Crippen LogP) is 6.60. The maximum Gasteiger partial charge on any atom is 0.103 e. The van der Waals surface area contributed by atoms with Gasteiger partial charge >= 0.3 is 0 Å². The molecule has 2 aromatic carbocycles. The van der Waals surface area contributed by atoms with Crippen molar-refractivity contribution in [1.29, 1.82) is 5.26 Å². The minimum absolute atomic E-state index is 0.154. The lowest BCUT2D eigenvalue weighted by atomic mass is 10.0. The second-order valence-electron chi connectivity index (χ2n) is 9.95. The summed E-state index contributed by atoms with van der Waals surface area (Å²) in [5.41, 5.74) is 13.1. The van der Waals surface area contributed by atoms with Gasteiger partial charge in [-0.2, -0.15) is 16.6 Å². The van der Waals surface area contributed by atoms with Crippen molar-refractivity contribution in [3.63, 3.8) is 0 Å². The van der Waals surface area contributed by atoms with Crippen LogP contribution in [0.25, 0.3) is 10.9 Å². The Balaban J connectivity index is 1.37. The molecule has 2 aromatic heterocycles. The fourth-order valence-corrected chi connectivity index (χ4v) is 6.23. The quantitative estimate of drug-likeness (QED) is 0.164. The molecule has 0 saturated carbocycles. The molecule has 1 fully saturated rings. The fraction of sp³-hybridized carbons (Fsp3) is 0.241. The van der Waals surface area contributed by atoms with Gasteiger partial charge in [-0.3, -0.25) is 9.99 Å². The number of thiophene rings is 1. The van der Waals surface area contributed by atoms with E-state index < -0.39 is 0 Å². The zero-order valence-corrected chi connectivity index (χ0v) is 24.1. The van der Waals surface area contributed by atoms with Gasteiger partial charge in [0.25, 0.3) is 0 Å². The number of nitrogens with zero attached hydrogens (tertiary/aromatic N) is 3. The third-order valence-electron chi connectivity index (χ3n) is 7.29. The molecule has 5 N–H and O–H groups in total. The number of piperidine rings is 1. The number of pyridine rings is 1. The van der Waals surface area contributed by atoms with E-state index in [4.69, 9.17) is 23.2 Å². The first-order chi connectivity index (χ1) is 19.5. The molecule has 0 unspecified atom stereocenters. The van der Waals surface area contributed by atoms with Crippen LogP contribution in [0.1, 0.15) is 35.6 Å². The highest BCUT2D eigenvalue weighted by Gasteiger charge is 2.27. The summed E-state index contributed by atoms with van der Waals surface area (Å²) in [5, 5.41) is 28.6. The third kappa shape index (κ3) is 5.42. The van der Waals surface area contributed by atoms with Gasteiger partial charge in [0.15, 0.2) is 0 Å². The molecule has 11 heteroatoms. The molecular formula is C29H28Cl2N8S. The topological polar surface area (TPSA) is 100 Å². The van der Waals surface area contributed by atoms with Crippen LogP contribution in [0.15, 0.2) is 65.3 Å². The van der Waals surface area contributed by atoms with E-state index in [1.54, 1.807) is 17.5 Å². The molecule has 6 rings (SSSR count). The Bertz CT molecular complexity index is 1610. The van der Waals surface area contributed by atoms with Crippen LogP contribution < -0.4 is 26.9 Å². The van der Waals surface area contributed by atoms with Gasteiger partial charge in [-0.05, 0) is 85.1 Å². The third-order valence-corrected chi connectivity index (χ3v) is 8.69. The molecule has 4 heterocycles. The lowest BCUT2D eigenvalue weighted by Crippen LogP contribution is -2.47. The van der Waals surface area contributed by atoms with E-state index in [-0.39, 0.29) is 6.04 Å². The number of hydrogen-bond donors (Lipinski definition) is 5. The van der Waals surface area contributed by atoms with Crippen molar-refractivity contribution in [1.82, 2.24) is 26.3 Å². The van der Waals surface area contributed by atoms with Crippen LogP contribution in [0.2, 0.25) is 10.0 Å². The number of nitrogens with one attached hydrogen (secondary N) is 5. The Morgan fingerprint density at radius 3 is 2.70 bits per heavy atom. The summed E-state index contributed by atoms with van der Waals surface area (Å²) < 4.78 is 0. The summed E-state index contributed by atoms with van der Waals surface area (Å²) in [6.07, 6.45) is 5.84. The minimum Gasteiger partial charge on any atom is -0.373 e. The van der Waals surface area contributed by atoms with Crippen molar-refractivity contribution < 1.29 is 0 Å². The SMILES string of the molecule is Cc1ccc(Nc2c(C#N)cnc3c(Cl)cc(N[C@H](C4=CN(C5CCNCC5)NN4)c4ccsc4)cc23)cc1Cl. The summed E-state index contributed by atoms with van der Waals surface area (Å²) in [4.78, 5) is 4.50. The van der Waals surface area contributed by atoms with E-state index in [1.807, 2.05) is 37.3 Å². The van der Waals surface area contributed by atoms with Gasteiger partial charge in [0, 0.05) is 40.2 Å². The normalized spacial score (nSPS) is 16.4. The van der Waals surface area contributed by atoms with Crippen molar-refractivity contribution in [3.05, 3.63) is 92.0 Å². The zero-order valence-electron chi connectivity index (χ0n) is 21.8. The first-order valence-corrected chi connectivity index (χ1v) is 14.8. The number of aromatic nitrogens is 1. The van der Waals surface area contributed by atoms with Gasteiger partial charge in [-0.1, -0.05) is 29.3 Å². The van der Waals surface area contributed by atoms with Crippen LogP contribution in [0.5, 0.6) is 0 Å². The standard InChI is InChI=1S/C29H28Cl2N8S/c1-17-2-3-20(11-24(17)30)35-27-19(13-32)14-34-29-23(27)10-21(12-25(29)31)36-28(18-6-9-40-16-18)26-15-39(38-37-26)22-4-7-33-8-5-22/h2-3,6,9-12,14-16,22,28,33,36-38H,4-5,7-8H2,1H3,(H,34,35)/t28-/m0/s1. The average Bonchev–Trinajstić information content (AvgIpc) is 3.68. The molecule has 1 saturated heterocycles. The highest BCUT2D eigenvalue weighted by atomic mass is 35.5. The Morgan fingerprint density at radius 2 is 1.95 bits per heavy atom. The van der Waals surface area contributed by atoms with Crippen LogP contribution >= 0.6 is 34.5 Å². The first-order valence-electron chi connectivity index (χ1n) is 13.1. The summed E-state index contributed by atoms with van der Waals surface area (Å²) in [6.45, 7) is 3.97. The van der Waals surface area contributed by atoms with Crippen molar-refractivity contribution >= 4 is 62.5 Å². The molecule has 0 aliphatic carbocycles. The molecular weight excluding hydrogens is 563 g/mol. The van der Waals surface area contributed by atoms with Crippen molar-refractivity contribution in [3.8, 4) is 6.07 Å². The van der Waals surface area contributed by atoms with Crippen LogP contribution in [-0.2, 0) is 0 Å². The molecule has 0 radical (unpaired) electrons. The second kappa shape index (κ2) is 11.5. The maximum absolute atomic E-state index is 9.90. The number of hydrazine groups is 2. The molecule has 0 amide bonds. The first kappa shape index (κ1) is 26.7. The average molecular weight is 592 g/mol. The Labute approximate surface area is 246 Å². The summed E-state index contributed by atoms with van der Waals surface area (Å²) in [5.74, 6) is 0. The summed E-state index contributed by atoms with van der Waals surface area (Å²) >= 11 is 14.8. The van der Waals surface area contributed by atoms with E-state index in [0.29, 0.717) is 32.9 Å². The molecule has 8 nitrogen and oxygen atoms in total. The molecule has 2 aliphatic rings. The van der Waals surface area contributed by atoms with Crippen molar-refractivity contribution in [2.45, 2.75) is 31.8 Å². The number of fused-ring (bicyclic) bond motifs is 1. The van der Waals surface area contributed by atoms with Crippen molar-refractivity contribution in [2.24, 2.45) is 0 Å². The number of aryl methyl sites for hydroxylation is 1. The van der Waals surface area contributed by atoms with Crippen LogP contribution in [0.3, 0.4) is 0 Å². The van der Waals surface area contributed by atoms with Gasteiger partial charge in [0.1, 0.15) is 6.07 Å². The molecule has 204 valence electrons. The van der Waals surface area contributed by atoms with Gasteiger partial charge in [-0.15, -0.1) is 5.53 Å². The number of hydrogen-bond acceptors (Lipinski definition) is 9. The van der Waals surface area contributed by atoms with E-state index in [1.165, 1.54) is 0 Å².